The van der Waals surface area contributed by atoms with Crippen LogP contribution in [0.5, 0.6) is 0 Å². The predicted octanol–water partition coefficient (Wildman–Crippen LogP) is 3.87. The summed E-state index contributed by atoms with van der Waals surface area (Å²) in [5.41, 5.74) is 0.916. The highest BCUT2D eigenvalue weighted by molar-refractivity contribution is 6.39. The molecule has 2 rings (SSSR count). The van der Waals surface area contributed by atoms with Crippen LogP contribution in [0.2, 0.25) is 0 Å². The van der Waals surface area contributed by atoms with Gasteiger partial charge in [0.05, 0.1) is 12.2 Å². The summed E-state index contributed by atoms with van der Waals surface area (Å²) in [6.45, 7) is 7.83. The molecular formula is C32H49NO9. The fourth-order valence-corrected chi connectivity index (χ4v) is 5.61. The molecular weight excluding hydrogens is 542 g/mol. The van der Waals surface area contributed by atoms with Gasteiger partial charge in [0.1, 0.15) is 12.6 Å². The summed E-state index contributed by atoms with van der Waals surface area (Å²) in [5, 5.41) is 20.8. The van der Waals surface area contributed by atoms with Crippen molar-refractivity contribution in [3.05, 3.63) is 36.0 Å². The molecule has 2 heterocycles. The number of piperidine rings is 1. The van der Waals surface area contributed by atoms with Gasteiger partial charge >= 0.3 is 5.97 Å². The number of likely N-dealkylation sites (tertiary alicyclic amines) is 1. The van der Waals surface area contributed by atoms with Crippen molar-refractivity contribution >= 4 is 23.4 Å². The average Bonchev–Trinajstić information content (AvgIpc) is 2.96. The van der Waals surface area contributed by atoms with Gasteiger partial charge in [0.2, 0.25) is 5.79 Å². The summed E-state index contributed by atoms with van der Waals surface area (Å²) in [7, 11) is 3.10. The van der Waals surface area contributed by atoms with Crippen LogP contribution in [0.1, 0.15) is 72.6 Å². The summed E-state index contributed by atoms with van der Waals surface area (Å²) in [4.78, 5) is 51.0. The number of Topliss-reactive ketones (excluding diaryl/α,β-unsaturated/α-hetero) is 2. The molecule has 0 saturated carbocycles. The zero-order chi connectivity index (χ0) is 31.4. The third-order valence-electron chi connectivity index (χ3n) is 8.36. The maximum atomic E-state index is 13.3. The molecule has 0 aromatic rings. The van der Waals surface area contributed by atoms with E-state index < -0.39 is 41.5 Å². The average molecular weight is 592 g/mol. The van der Waals surface area contributed by atoms with Crippen LogP contribution in [0, 0.1) is 17.8 Å². The number of aliphatic hydroxyl groups is 1. The first-order chi connectivity index (χ1) is 19.8. The Bertz CT molecular complexity index is 1040. The lowest BCUT2D eigenvalue weighted by Gasteiger charge is -2.42. The molecule has 236 valence electrons. The van der Waals surface area contributed by atoms with E-state index in [2.05, 4.69) is 6.92 Å². The summed E-state index contributed by atoms with van der Waals surface area (Å²) in [5.74, 6) is -6.00. The Morgan fingerprint density at radius 1 is 1.07 bits per heavy atom. The molecule has 0 bridgehead atoms. The smallest absolute Gasteiger partial charge is 0.326 e. The highest BCUT2D eigenvalue weighted by Gasteiger charge is 2.52. The second-order valence-electron chi connectivity index (χ2n) is 11.7. The Morgan fingerprint density at radius 3 is 2.43 bits per heavy atom. The Kier molecular flexibility index (Phi) is 14.2. The monoisotopic (exact) mass is 591 g/mol. The van der Waals surface area contributed by atoms with Gasteiger partial charge in [-0.15, -0.1) is 0 Å². The van der Waals surface area contributed by atoms with Crippen molar-refractivity contribution in [2.75, 3.05) is 27.4 Å². The zero-order valence-electron chi connectivity index (χ0n) is 25.9. The molecule has 0 aromatic carbocycles. The quantitative estimate of drug-likeness (QED) is 0.215. The number of nitrogens with zero attached hydrogens (tertiary/aromatic N) is 1. The topological polar surface area (TPSA) is 140 Å². The standard InChI is InChI=1S/C32H49NO9/c1-21(18-23(3)27(34)20-40-5)12-8-7-9-13-22(2)28(41-6)19-25-16-15-24(4)32(39,42-25)29(35)30(36)33-17-11-10-14-26(33)31(37)38/h7-9,12-13,21,23-26,28,39H,10-11,14-20H2,1-6H3,(H,37,38)/b9-7+,12-8-,22-13+/t21-,23-,24-,25+,26+,28+,32-/m1/s1. The van der Waals surface area contributed by atoms with E-state index in [1.807, 2.05) is 44.2 Å². The summed E-state index contributed by atoms with van der Waals surface area (Å²) in [6.07, 6.45) is 12.5. The van der Waals surface area contributed by atoms with E-state index in [4.69, 9.17) is 14.2 Å². The van der Waals surface area contributed by atoms with Gasteiger partial charge in [-0.1, -0.05) is 51.2 Å². The highest BCUT2D eigenvalue weighted by atomic mass is 16.6. The molecule has 1 amide bonds. The van der Waals surface area contributed by atoms with Crippen LogP contribution < -0.4 is 0 Å². The van der Waals surface area contributed by atoms with E-state index in [9.17, 15) is 29.4 Å². The third-order valence-corrected chi connectivity index (χ3v) is 8.36. The number of methoxy groups -OCH3 is 2. The van der Waals surface area contributed by atoms with Gasteiger partial charge < -0.3 is 29.3 Å². The lowest BCUT2D eigenvalue weighted by molar-refractivity contribution is -0.265. The minimum absolute atomic E-state index is 0.0688. The van der Waals surface area contributed by atoms with Crippen LogP contribution in [-0.2, 0) is 33.4 Å². The van der Waals surface area contributed by atoms with Crippen molar-refractivity contribution in [2.24, 2.45) is 17.8 Å². The first-order valence-electron chi connectivity index (χ1n) is 14.9. The van der Waals surface area contributed by atoms with Gasteiger partial charge in [-0.05, 0) is 56.9 Å². The Balaban J connectivity index is 2.00. The first-order valence-corrected chi connectivity index (χ1v) is 14.9. The van der Waals surface area contributed by atoms with E-state index in [0.29, 0.717) is 32.1 Å². The number of carbonyl (C=O) groups excluding carboxylic acids is 3. The summed E-state index contributed by atoms with van der Waals surface area (Å²) in [6, 6.07) is -1.08. The fraction of sp³-hybridized carbons (Fsp3) is 0.688. The van der Waals surface area contributed by atoms with E-state index in [0.717, 1.165) is 16.9 Å². The van der Waals surface area contributed by atoms with Crippen LogP contribution in [0.4, 0.5) is 0 Å². The molecule has 0 spiro atoms. The zero-order valence-corrected chi connectivity index (χ0v) is 25.9. The number of aliphatic carboxylic acids is 1. The van der Waals surface area contributed by atoms with Gasteiger partial charge in [0, 0.05) is 39.0 Å². The number of hydrogen-bond acceptors (Lipinski definition) is 8. The first kappa shape index (κ1) is 35.5. The number of amides is 1. The molecule has 0 radical (unpaired) electrons. The largest absolute Gasteiger partial charge is 0.480 e. The number of ether oxygens (including phenoxy) is 3. The van der Waals surface area contributed by atoms with Crippen LogP contribution in [-0.4, -0.2) is 90.0 Å². The summed E-state index contributed by atoms with van der Waals surface area (Å²) < 4.78 is 16.5. The Morgan fingerprint density at radius 2 is 1.79 bits per heavy atom. The van der Waals surface area contributed by atoms with Crippen LogP contribution in [0.3, 0.4) is 0 Å². The van der Waals surface area contributed by atoms with Crippen molar-refractivity contribution in [1.82, 2.24) is 4.90 Å². The van der Waals surface area contributed by atoms with Gasteiger partial charge in [0.15, 0.2) is 5.78 Å². The number of hydrogen-bond donors (Lipinski definition) is 2. The maximum Gasteiger partial charge on any atom is 0.326 e. The number of carbonyl (C=O) groups is 4. The van der Waals surface area contributed by atoms with E-state index >= 15 is 0 Å². The van der Waals surface area contributed by atoms with Gasteiger partial charge in [-0.3, -0.25) is 14.4 Å². The third kappa shape index (κ3) is 9.69. The van der Waals surface area contributed by atoms with Crippen molar-refractivity contribution in [3.8, 4) is 0 Å². The Hall–Kier alpha value is -2.66. The molecule has 2 saturated heterocycles. The van der Waals surface area contributed by atoms with Gasteiger partial charge in [-0.25, -0.2) is 4.79 Å². The normalized spacial score (nSPS) is 27.6. The summed E-state index contributed by atoms with van der Waals surface area (Å²) >= 11 is 0. The van der Waals surface area contributed by atoms with Crippen molar-refractivity contribution in [3.63, 3.8) is 0 Å². The number of ketones is 2. The number of rotatable bonds is 15. The molecule has 10 nitrogen and oxygen atoms in total. The van der Waals surface area contributed by atoms with Crippen LogP contribution in [0.15, 0.2) is 36.0 Å². The lowest BCUT2D eigenvalue weighted by Crippen LogP contribution is -2.60. The molecule has 2 fully saturated rings. The minimum atomic E-state index is -2.33. The maximum absolute atomic E-state index is 13.3. The second-order valence-corrected chi connectivity index (χ2v) is 11.7. The van der Waals surface area contributed by atoms with Crippen molar-refractivity contribution in [2.45, 2.75) is 96.7 Å². The molecule has 10 heteroatoms. The molecule has 2 aliphatic rings. The number of carboxylic acids is 1. The van der Waals surface area contributed by atoms with Gasteiger partial charge in [-0.2, -0.15) is 0 Å². The minimum Gasteiger partial charge on any atom is -0.480 e. The second kappa shape index (κ2) is 16.8. The Labute approximate surface area is 249 Å². The SMILES string of the molecule is COCC(=O)[C@H](C)C[C@H](C)\C=C/C=C/C=C(\C)[C@H](C[C@@H]1CC[C@@H](C)[C@](O)(C(=O)C(=O)N2CCCC[C@H]2C(=O)O)O1)OC. The molecule has 0 unspecified atom stereocenters. The van der Waals surface area contributed by atoms with Crippen LogP contribution in [0.25, 0.3) is 0 Å². The molecule has 0 aromatic heterocycles. The van der Waals surface area contributed by atoms with E-state index in [-0.39, 0.29) is 43.3 Å². The highest BCUT2D eigenvalue weighted by Crippen LogP contribution is 2.36. The molecule has 7 atom stereocenters. The fourth-order valence-electron chi connectivity index (χ4n) is 5.61. The van der Waals surface area contributed by atoms with Crippen molar-refractivity contribution in [1.29, 1.82) is 0 Å². The molecule has 42 heavy (non-hydrogen) atoms. The number of allylic oxidation sites excluding steroid dienone is 5. The lowest BCUT2D eigenvalue weighted by atomic mass is 9.85. The molecule has 0 aliphatic carbocycles. The van der Waals surface area contributed by atoms with Crippen LogP contribution >= 0.6 is 0 Å². The predicted molar refractivity (Wildman–Crippen MR) is 157 cm³/mol. The molecule has 2 aliphatic heterocycles. The van der Waals surface area contributed by atoms with Crippen molar-refractivity contribution < 1.29 is 43.6 Å². The number of carboxylic acid groups (broad SMARTS) is 1. The van der Waals surface area contributed by atoms with E-state index in [1.54, 1.807) is 14.0 Å². The van der Waals surface area contributed by atoms with E-state index in [1.165, 1.54) is 7.11 Å². The molecule has 2 N–H and O–H groups in total. The van der Waals surface area contributed by atoms with Gasteiger partial charge in [0.25, 0.3) is 11.7 Å².